The summed E-state index contributed by atoms with van der Waals surface area (Å²) < 4.78 is 0. The lowest BCUT2D eigenvalue weighted by atomic mass is 10.00. The summed E-state index contributed by atoms with van der Waals surface area (Å²) in [6.07, 6.45) is 0. The number of hydrogen-bond donors (Lipinski definition) is 2. The second-order valence-corrected chi connectivity index (χ2v) is 6.80. The summed E-state index contributed by atoms with van der Waals surface area (Å²) in [5.41, 5.74) is 3.57. The molecule has 6 heteroatoms. The first-order chi connectivity index (χ1) is 11.8. The number of aryl methyl sites for hydroxylation is 2. The maximum atomic E-state index is 12.1. The summed E-state index contributed by atoms with van der Waals surface area (Å²) in [5, 5.41) is 6.14. The van der Waals surface area contributed by atoms with Crippen molar-refractivity contribution >= 4 is 35.0 Å². The van der Waals surface area contributed by atoms with Gasteiger partial charge in [0.25, 0.3) is 5.91 Å². The van der Waals surface area contributed by atoms with Gasteiger partial charge in [-0.05, 0) is 50.1 Å². The van der Waals surface area contributed by atoms with Gasteiger partial charge >= 0.3 is 0 Å². The lowest BCUT2D eigenvalue weighted by Gasteiger charge is -2.17. The van der Waals surface area contributed by atoms with Crippen molar-refractivity contribution in [2.45, 2.75) is 26.8 Å². The average Bonchev–Trinajstić information content (AvgIpc) is 2.54. The molecule has 0 radical (unpaired) electrons. The predicted octanol–water partition coefficient (Wildman–Crippen LogP) is 4.22. The molecule has 0 aliphatic rings. The molecule has 2 aromatic rings. The Balaban J connectivity index is 1.94. The smallest absolute Gasteiger partial charge is 0.253 e. The fraction of sp³-hybridized carbons (Fsp3) is 0.263. The van der Waals surface area contributed by atoms with Crippen molar-refractivity contribution in [3.05, 3.63) is 68.7 Å². The van der Waals surface area contributed by atoms with E-state index in [1.54, 1.807) is 6.07 Å². The molecule has 2 aromatic carbocycles. The first-order valence-electron chi connectivity index (χ1n) is 7.87. The fourth-order valence-corrected chi connectivity index (χ4v) is 3.02. The van der Waals surface area contributed by atoms with E-state index in [4.69, 9.17) is 23.2 Å². The molecule has 0 saturated carbocycles. The summed E-state index contributed by atoms with van der Waals surface area (Å²) in [5.74, 6) is -0.692. The molecule has 1 atom stereocenters. The minimum Gasteiger partial charge on any atom is -0.348 e. The minimum atomic E-state index is -0.420. The Hall–Kier alpha value is -2.04. The number of amides is 2. The molecule has 25 heavy (non-hydrogen) atoms. The summed E-state index contributed by atoms with van der Waals surface area (Å²) in [6.45, 7) is 5.79. The van der Waals surface area contributed by atoms with Crippen molar-refractivity contribution in [2.75, 3.05) is 6.54 Å². The molecule has 2 N–H and O–H groups in total. The van der Waals surface area contributed by atoms with E-state index in [0.29, 0.717) is 5.02 Å². The van der Waals surface area contributed by atoms with E-state index in [0.717, 1.165) is 16.7 Å². The van der Waals surface area contributed by atoms with E-state index in [9.17, 15) is 9.59 Å². The molecule has 0 fully saturated rings. The molecular formula is C19H20Cl2N2O2. The van der Waals surface area contributed by atoms with E-state index in [1.807, 2.05) is 39.0 Å². The van der Waals surface area contributed by atoms with Crippen LogP contribution in [0.25, 0.3) is 0 Å². The number of carbonyl (C=O) groups excluding carboxylic acids is 2. The Morgan fingerprint density at radius 1 is 1.08 bits per heavy atom. The van der Waals surface area contributed by atoms with E-state index < -0.39 is 5.91 Å². The molecule has 0 bridgehead atoms. The van der Waals surface area contributed by atoms with Gasteiger partial charge in [0.05, 0.1) is 23.2 Å². The van der Waals surface area contributed by atoms with E-state index in [1.165, 1.54) is 12.1 Å². The Morgan fingerprint density at radius 2 is 1.80 bits per heavy atom. The van der Waals surface area contributed by atoms with Crippen LogP contribution in [0.15, 0.2) is 36.4 Å². The second-order valence-electron chi connectivity index (χ2n) is 5.96. The highest BCUT2D eigenvalue weighted by atomic mass is 35.5. The summed E-state index contributed by atoms with van der Waals surface area (Å²) in [6, 6.07) is 10.5. The zero-order valence-corrected chi connectivity index (χ0v) is 15.8. The highest BCUT2D eigenvalue weighted by Crippen LogP contribution is 2.21. The van der Waals surface area contributed by atoms with Gasteiger partial charge in [0.2, 0.25) is 5.91 Å². The van der Waals surface area contributed by atoms with Crippen LogP contribution in [0.5, 0.6) is 0 Å². The van der Waals surface area contributed by atoms with Crippen LogP contribution in [-0.4, -0.2) is 18.4 Å². The predicted molar refractivity (Wildman–Crippen MR) is 101 cm³/mol. The van der Waals surface area contributed by atoms with Crippen molar-refractivity contribution in [3.63, 3.8) is 0 Å². The second kappa shape index (κ2) is 8.37. The van der Waals surface area contributed by atoms with Gasteiger partial charge in [0.1, 0.15) is 0 Å². The quantitative estimate of drug-likeness (QED) is 0.817. The molecule has 2 amide bonds. The molecule has 0 aliphatic heterocycles. The molecule has 132 valence electrons. The zero-order chi connectivity index (χ0) is 18.6. The van der Waals surface area contributed by atoms with Gasteiger partial charge in [-0.3, -0.25) is 9.59 Å². The lowest BCUT2D eigenvalue weighted by molar-refractivity contribution is -0.120. The van der Waals surface area contributed by atoms with E-state index in [2.05, 4.69) is 10.6 Å². The van der Waals surface area contributed by atoms with Gasteiger partial charge in [0.15, 0.2) is 0 Å². The van der Waals surface area contributed by atoms with Crippen LogP contribution < -0.4 is 10.6 Å². The van der Waals surface area contributed by atoms with Gasteiger partial charge in [-0.25, -0.2) is 0 Å². The average molecular weight is 379 g/mol. The van der Waals surface area contributed by atoms with Gasteiger partial charge in [0, 0.05) is 5.02 Å². The van der Waals surface area contributed by atoms with Crippen LogP contribution in [0.3, 0.4) is 0 Å². The number of halogens is 2. The topological polar surface area (TPSA) is 58.2 Å². The molecule has 0 spiro atoms. The Labute approximate surface area is 157 Å². The van der Waals surface area contributed by atoms with Crippen LogP contribution in [0.4, 0.5) is 0 Å². The standard InChI is InChI=1S/C19H20Cl2N2O2/c1-11-4-5-12(2)16(8-11)13(3)23-18(24)10-22-19(25)15-7-6-14(20)9-17(15)21/h4-9,13H,10H2,1-3H3,(H,22,25)(H,23,24). The third-order valence-corrected chi connectivity index (χ3v) is 4.41. The normalized spacial score (nSPS) is 11.7. The zero-order valence-electron chi connectivity index (χ0n) is 14.3. The molecular weight excluding hydrogens is 359 g/mol. The van der Waals surface area contributed by atoms with Crippen LogP contribution >= 0.6 is 23.2 Å². The maximum absolute atomic E-state index is 12.1. The number of nitrogens with one attached hydrogen (secondary N) is 2. The summed E-state index contributed by atoms with van der Waals surface area (Å²) in [4.78, 5) is 24.2. The lowest BCUT2D eigenvalue weighted by Crippen LogP contribution is -2.38. The molecule has 0 aromatic heterocycles. The fourth-order valence-electron chi connectivity index (χ4n) is 2.53. The number of benzene rings is 2. The summed E-state index contributed by atoms with van der Waals surface area (Å²) in [7, 11) is 0. The van der Waals surface area contributed by atoms with Crippen LogP contribution in [0.2, 0.25) is 10.0 Å². The first-order valence-corrected chi connectivity index (χ1v) is 8.63. The third-order valence-electron chi connectivity index (χ3n) is 3.86. The Kier molecular flexibility index (Phi) is 6.45. The third kappa shape index (κ3) is 5.21. The number of carbonyl (C=O) groups is 2. The highest BCUT2D eigenvalue weighted by molar-refractivity contribution is 6.36. The molecule has 4 nitrogen and oxygen atoms in total. The van der Waals surface area contributed by atoms with Gasteiger partial charge in [-0.1, -0.05) is 47.0 Å². The van der Waals surface area contributed by atoms with Crippen LogP contribution in [0.1, 0.15) is 40.0 Å². The van der Waals surface area contributed by atoms with E-state index in [-0.39, 0.29) is 29.1 Å². The van der Waals surface area contributed by atoms with Crippen molar-refractivity contribution in [2.24, 2.45) is 0 Å². The first kappa shape index (κ1) is 19.3. The number of rotatable bonds is 5. The number of hydrogen-bond acceptors (Lipinski definition) is 2. The Bertz CT molecular complexity index is 806. The van der Waals surface area contributed by atoms with Crippen molar-refractivity contribution in [1.82, 2.24) is 10.6 Å². The maximum Gasteiger partial charge on any atom is 0.253 e. The molecule has 1 unspecified atom stereocenters. The molecule has 0 aliphatic carbocycles. The van der Waals surface area contributed by atoms with Crippen LogP contribution in [0, 0.1) is 13.8 Å². The van der Waals surface area contributed by atoms with E-state index >= 15 is 0 Å². The van der Waals surface area contributed by atoms with Gasteiger partial charge in [-0.15, -0.1) is 0 Å². The molecule has 2 rings (SSSR count). The summed E-state index contributed by atoms with van der Waals surface area (Å²) >= 11 is 11.8. The van der Waals surface area contributed by atoms with Crippen molar-refractivity contribution < 1.29 is 9.59 Å². The Morgan fingerprint density at radius 3 is 2.48 bits per heavy atom. The van der Waals surface area contributed by atoms with Gasteiger partial charge < -0.3 is 10.6 Å². The minimum absolute atomic E-state index is 0.132. The van der Waals surface area contributed by atoms with Crippen LogP contribution in [-0.2, 0) is 4.79 Å². The molecule has 0 saturated heterocycles. The van der Waals surface area contributed by atoms with Gasteiger partial charge in [-0.2, -0.15) is 0 Å². The SMILES string of the molecule is Cc1ccc(C)c(C(C)NC(=O)CNC(=O)c2ccc(Cl)cc2Cl)c1. The largest absolute Gasteiger partial charge is 0.348 e. The monoisotopic (exact) mass is 378 g/mol. The molecule has 0 heterocycles. The highest BCUT2D eigenvalue weighted by Gasteiger charge is 2.15. The van der Waals surface area contributed by atoms with Crippen molar-refractivity contribution in [3.8, 4) is 0 Å². The van der Waals surface area contributed by atoms with Crippen molar-refractivity contribution in [1.29, 1.82) is 0 Å².